The van der Waals surface area contributed by atoms with Crippen molar-refractivity contribution >= 4 is 5.97 Å². The zero-order chi connectivity index (χ0) is 19.2. The Morgan fingerprint density at radius 2 is 2.00 bits per heavy atom. The molecule has 0 aliphatic heterocycles. The second kappa shape index (κ2) is 6.41. The van der Waals surface area contributed by atoms with Crippen LogP contribution in [0.3, 0.4) is 0 Å². The Bertz CT molecular complexity index is 950. The van der Waals surface area contributed by atoms with Crippen molar-refractivity contribution in [3.63, 3.8) is 0 Å². The molecule has 1 atom stereocenters. The molecular weight excluding hydrogens is 336 g/mol. The number of allylic oxidation sites excluding steroid dienone is 14. The molecule has 0 fully saturated rings. The van der Waals surface area contributed by atoms with Gasteiger partial charge >= 0.3 is 5.97 Å². The lowest BCUT2D eigenvalue weighted by atomic mass is 9.67. The Hall–Kier alpha value is -2.81. The minimum Gasteiger partial charge on any atom is -0.496 e. The third kappa shape index (κ3) is 3.18. The molecule has 0 amide bonds. The van der Waals surface area contributed by atoms with Crippen LogP contribution in [0.5, 0.6) is 0 Å². The number of rotatable bonds is 3. The predicted octanol–water partition coefficient (Wildman–Crippen LogP) is 5.03. The standard InChI is InChI=1S/C24H24O3/c1-24(2,3)27-21(25)13-12-18-19-11-10-16-7-5-6-15-8-9-17(14-20(18)26-4)23(19)22(15)16/h5,7-14,23H,6H2,1-4H3/b13-12+. The maximum Gasteiger partial charge on any atom is 0.331 e. The van der Waals surface area contributed by atoms with Gasteiger partial charge in [-0.05, 0) is 67.2 Å². The number of methoxy groups -OCH3 is 1. The van der Waals surface area contributed by atoms with Crippen LogP contribution in [0, 0.1) is 5.92 Å². The van der Waals surface area contributed by atoms with E-state index < -0.39 is 5.60 Å². The number of ether oxygens (including phenoxy) is 2. The number of esters is 1. The summed E-state index contributed by atoms with van der Waals surface area (Å²) in [4.78, 5) is 12.2. The van der Waals surface area contributed by atoms with E-state index in [-0.39, 0.29) is 11.9 Å². The average Bonchev–Trinajstić information content (AvgIpc) is 2.63. The van der Waals surface area contributed by atoms with E-state index in [0.29, 0.717) is 0 Å². The van der Waals surface area contributed by atoms with Crippen LogP contribution in [-0.2, 0) is 14.3 Å². The summed E-state index contributed by atoms with van der Waals surface area (Å²) >= 11 is 0. The maximum absolute atomic E-state index is 12.2. The van der Waals surface area contributed by atoms with Gasteiger partial charge in [0.2, 0.25) is 0 Å². The van der Waals surface area contributed by atoms with Crippen LogP contribution in [0.1, 0.15) is 27.2 Å². The summed E-state index contributed by atoms with van der Waals surface area (Å²) in [5, 5.41) is 0. The topological polar surface area (TPSA) is 35.5 Å². The van der Waals surface area contributed by atoms with Gasteiger partial charge in [0.25, 0.3) is 0 Å². The van der Waals surface area contributed by atoms with Crippen molar-refractivity contribution in [1.82, 2.24) is 0 Å². The lowest BCUT2D eigenvalue weighted by Gasteiger charge is -2.37. The zero-order valence-corrected chi connectivity index (χ0v) is 16.2. The number of carbonyl (C=O) groups is 1. The summed E-state index contributed by atoms with van der Waals surface area (Å²) in [5.74, 6) is 0.619. The largest absolute Gasteiger partial charge is 0.496 e. The Labute approximate surface area is 160 Å². The summed E-state index contributed by atoms with van der Waals surface area (Å²) in [6.45, 7) is 5.59. The molecule has 3 nitrogen and oxygen atoms in total. The van der Waals surface area contributed by atoms with Crippen molar-refractivity contribution in [3.05, 3.63) is 93.9 Å². The highest BCUT2D eigenvalue weighted by molar-refractivity contribution is 5.84. The smallest absolute Gasteiger partial charge is 0.331 e. The fourth-order valence-electron chi connectivity index (χ4n) is 4.01. The molecule has 0 spiro atoms. The summed E-state index contributed by atoms with van der Waals surface area (Å²) in [6.07, 6.45) is 19.5. The third-order valence-corrected chi connectivity index (χ3v) is 5.03. The van der Waals surface area contributed by atoms with Crippen molar-refractivity contribution in [2.45, 2.75) is 32.8 Å². The van der Waals surface area contributed by atoms with Crippen LogP contribution < -0.4 is 0 Å². The quantitative estimate of drug-likeness (QED) is 0.523. The fourth-order valence-corrected chi connectivity index (χ4v) is 4.01. The molecular formula is C24H24O3. The van der Waals surface area contributed by atoms with Gasteiger partial charge in [0.1, 0.15) is 11.4 Å². The van der Waals surface area contributed by atoms with Crippen molar-refractivity contribution < 1.29 is 14.3 Å². The molecule has 0 saturated carbocycles. The van der Waals surface area contributed by atoms with Crippen LogP contribution >= 0.6 is 0 Å². The van der Waals surface area contributed by atoms with Crippen LogP contribution in [0.15, 0.2) is 93.9 Å². The van der Waals surface area contributed by atoms with Crippen LogP contribution in [0.2, 0.25) is 0 Å². The van der Waals surface area contributed by atoms with Gasteiger partial charge in [0, 0.05) is 17.6 Å². The molecule has 4 rings (SSSR count). The van der Waals surface area contributed by atoms with Gasteiger partial charge < -0.3 is 9.47 Å². The first-order valence-electron chi connectivity index (χ1n) is 9.28. The zero-order valence-electron chi connectivity index (χ0n) is 16.2. The van der Waals surface area contributed by atoms with Crippen LogP contribution in [0.4, 0.5) is 0 Å². The molecule has 1 unspecified atom stereocenters. The van der Waals surface area contributed by atoms with E-state index in [1.54, 1.807) is 7.11 Å². The predicted molar refractivity (Wildman–Crippen MR) is 107 cm³/mol. The summed E-state index contributed by atoms with van der Waals surface area (Å²) in [7, 11) is 1.67. The van der Waals surface area contributed by atoms with Gasteiger partial charge in [-0.2, -0.15) is 0 Å². The molecule has 4 aliphatic carbocycles. The van der Waals surface area contributed by atoms with Gasteiger partial charge in [0.05, 0.1) is 7.11 Å². The Morgan fingerprint density at radius 3 is 2.74 bits per heavy atom. The summed E-state index contributed by atoms with van der Waals surface area (Å²) in [6, 6.07) is 0. The van der Waals surface area contributed by atoms with Crippen molar-refractivity contribution in [2.24, 2.45) is 5.92 Å². The Balaban J connectivity index is 1.76. The highest BCUT2D eigenvalue weighted by Crippen LogP contribution is 2.49. The van der Waals surface area contributed by atoms with Gasteiger partial charge in [-0.15, -0.1) is 0 Å². The molecule has 4 aliphatic rings. The number of hydrogen-bond acceptors (Lipinski definition) is 3. The second-order valence-electron chi connectivity index (χ2n) is 8.05. The fraction of sp³-hybridized carbons (Fsp3) is 0.292. The summed E-state index contributed by atoms with van der Waals surface area (Å²) in [5.41, 5.74) is 6.84. The van der Waals surface area contributed by atoms with E-state index in [9.17, 15) is 4.79 Å². The highest BCUT2D eigenvalue weighted by Gasteiger charge is 2.36. The average molecular weight is 360 g/mol. The molecule has 138 valence electrons. The van der Waals surface area contributed by atoms with Gasteiger partial charge in [-0.1, -0.05) is 36.5 Å². The van der Waals surface area contributed by atoms with E-state index in [1.807, 2.05) is 26.8 Å². The maximum atomic E-state index is 12.2. The minimum absolute atomic E-state index is 0.201. The first kappa shape index (κ1) is 17.6. The van der Waals surface area contributed by atoms with Crippen LogP contribution in [0.25, 0.3) is 0 Å². The number of hydrogen-bond donors (Lipinski definition) is 0. The first-order chi connectivity index (χ1) is 12.9. The summed E-state index contributed by atoms with van der Waals surface area (Å²) < 4.78 is 11.0. The molecule has 0 aromatic carbocycles. The molecule has 27 heavy (non-hydrogen) atoms. The molecule has 0 aromatic rings. The second-order valence-corrected chi connectivity index (χ2v) is 8.05. The van der Waals surface area contributed by atoms with Crippen molar-refractivity contribution in [3.8, 4) is 0 Å². The molecule has 0 radical (unpaired) electrons. The monoisotopic (exact) mass is 360 g/mol. The lowest BCUT2D eigenvalue weighted by molar-refractivity contribution is -0.148. The number of carbonyl (C=O) groups excluding carboxylic acids is 1. The van der Waals surface area contributed by atoms with E-state index in [1.165, 1.54) is 33.9 Å². The highest BCUT2D eigenvalue weighted by atomic mass is 16.6. The molecule has 0 saturated heterocycles. The molecule has 3 heteroatoms. The molecule has 0 N–H and O–H groups in total. The van der Waals surface area contributed by atoms with E-state index >= 15 is 0 Å². The van der Waals surface area contributed by atoms with E-state index in [0.717, 1.165) is 17.8 Å². The minimum atomic E-state index is -0.510. The van der Waals surface area contributed by atoms with Crippen LogP contribution in [-0.4, -0.2) is 18.7 Å². The lowest BCUT2D eigenvalue weighted by Crippen LogP contribution is -2.24. The van der Waals surface area contributed by atoms with Crippen molar-refractivity contribution in [2.75, 3.05) is 7.11 Å². The SMILES string of the molecule is COC1=C(/C=C/C(=O)OC(C)(C)C)C2=CC=C3C=CCC4=C3C2C(=C1)C=C4. The Morgan fingerprint density at radius 1 is 1.19 bits per heavy atom. The van der Waals surface area contributed by atoms with Gasteiger partial charge in [0.15, 0.2) is 0 Å². The van der Waals surface area contributed by atoms with E-state index in [2.05, 4.69) is 42.5 Å². The normalized spacial score (nSPS) is 23.1. The van der Waals surface area contributed by atoms with Gasteiger partial charge in [-0.25, -0.2) is 4.79 Å². The molecule has 0 bridgehead atoms. The van der Waals surface area contributed by atoms with E-state index in [4.69, 9.17) is 9.47 Å². The third-order valence-electron chi connectivity index (χ3n) is 5.03. The van der Waals surface area contributed by atoms with Gasteiger partial charge in [-0.3, -0.25) is 0 Å². The Kier molecular flexibility index (Phi) is 4.18. The van der Waals surface area contributed by atoms with Crippen molar-refractivity contribution in [1.29, 1.82) is 0 Å². The first-order valence-corrected chi connectivity index (χ1v) is 9.28. The molecule has 0 heterocycles. The molecule has 0 aromatic heterocycles.